The van der Waals surface area contributed by atoms with Crippen LogP contribution >= 0.6 is 0 Å². The number of fused-ring (bicyclic) bond motifs is 2. The number of nitrogens with zero attached hydrogens (tertiary/aromatic N) is 1. The Morgan fingerprint density at radius 3 is 2.50 bits per heavy atom. The molecule has 0 radical (unpaired) electrons. The van der Waals surface area contributed by atoms with Crippen LogP contribution in [0.4, 0.5) is 0 Å². The van der Waals surface area contributed by atoms with E-state index in [4.69, 9.17) is 18.9 Å². The first-order valence-corrected chi connectivity index (χ1v) is 9.96. The van der Waals surface area contributed by atoms with Crippen molar-refractivity contribution >= 4 is 0 Å². The van der Waals surface area contributed by atoms with Crippen LogP contribution in [-0.4, -0.2) is 49.3 Å². The molecule has 0 unspecified atom stereocenters. The molecule has 148 valence electrons. The van der Waals surface area contributed by atoms with Gasteiger partial charge in [0.2, 0.25) is 6.79 Å². The zero-order chi connectivity index (χ0) is 19.1. The number of hydrogen-bond acceptors (Lipinski definition) is 6. The summed E-state index contributed by atoms with van der Waals surface area (Å²) in [4.78, 5) is 2.36. The van der Waals surface area contributed by atoms with Crippen molar-refractivity contribution < 1.29 is 24.1 Å². The molecule has 1 saturated heterocycles. The minimum Gasteiger partial charge on any atom is -0.508 e. The van der Waals surface area contributed by atoms with Crippen LogP contribution in [0.5, 0.6) is 23.0 Å². The lowest BCUT2D eigenvalue weighted by atomic mass is 9.75. The Kier molecular flexibility index (Phi) is 4.53. The lowest BCUT2D eigenvalue weighted by Gasteiger charge is -2.45. The molecule has 3 heterocycles. The lowest BCUT2D eigenvalue weighted by molar-refractivity contribution is -0.0831. The maximum absolute atomic E-state index is 10.7. The summed E-state index contributed by atoms with van der Waals surface area (Å²) in [5, 5.41) is 10.7. The summed E-state index contributed by atoms with van der Waals surface area (Å²) in [6, 6.07) is 11.6. The van der Waals surface area contributed by atoms with E-state index >= 15 is 0 Å². The summed E-state index contributed by atoms with van der Waals surface area (Å²) in [5.74, 6) is 2.78. The van der Waals surface area contributed by atoms with Crippen LogP contribution in [0.1, 0.15) is 30.4 Å². The molecule has 0 saturated carbocycles. The van der Waals surface area contributed by atoms with Gasteiger partial charge in [-0.05, 0) is 18.6 Å². The molecule has 0 aromatic heterocycles. The average molecular weight is 383 g/mol. The SMILES string of the molecule is CC[C@@H]1[C@@H](c2ccccc2O)c2cc3c(cc2O[C@H]1N1CCOCC1)OCO3. The Hall–Kier alpha value is -2.44. The highest BCUT2D eigenvalue weighted by molar-refractivity contribution is 5.57. The van der Waals surface area contributed by atoms with Gasteiger partial charge in [0, 0.05) is 42.1 Å². The van der Waals surface area contributed by atoms with Crippen molar-refractivity contribution in [1.82, 2.24) is 4.90 Å². The van der Waals surface area contributed by atoms with E-state index in [0.29, 0.717) is 24.7 Å². The molecule has 6 nitrogen and oxygen atoms in total. The predicted molar refractivity (Wildman–Crippen MR) is 103 cm³/mol. The van der Waals surface area contributed by atoms with E-state index in [1.165, 1.54) is 0 Å². The third-order valence-corrected chi connectivity index (χ3v) is 6.03. The van der Waals surface area contributed by atoms with E-state index in [1.54, 1.807) is 6.07 Å². The third kappa shape index (κ3) is 2.88. The highest BCUT2D eigenvalue weighted by Gasteiger charge is 2.43. The topological polar surface area (TPSA) is 60.4 Å². The number of morpholine rings is 1. The van der Waals surface area contributed by atoms with Gasteiger partial charge in [-0.3, -0.25) is 4.90 Å². The summed E-state index contributed by atoms with van der Waals surface area (Å²) >= 11 is 0. The van der Waals surface area contributed by atoms with Crippen LogP contribution < -0.4 is 14.2 Å². The van der Waals surface area contributed by atoms with Crippen molar-refractivity contribution in [3.63, 3.8) is 0 Å². The van der Waals surface area contributed by atoms with Gasteiger partial charge in [0.15, 0.2) is 17.7 Å². The molecule has 6 heteroatoms. The number of ether oxygens (including phenoxy) is 4. The van der Waals surface area contributed by atoms with Crippen molar-refractivity contribution in [1.29, 1.82) is 0 Å². The molecule has 2 aromatic rings. The zero-order valence-corrected chi connectivity index (χ0v) is 16.0. The first kappa shape index (κ1) is 17.6. The van der Waals surface area contributed by atoms with E-state index in [2.05, 4.69) is 11.8 Å². The molecule has 3 atom stereocenters. The number of aromatic hydroxyl groups is 1. The number of hydrogen-bond donors (Lipinski definition) is 1. The molecule has 3 aliphatic rings. The molecule has 0 aliphatic carbocycles. The number of phenols is 1. The second kappa shape index (κ2) is 7.18. The first-order valence-electron chi connectivity index (χ1n) is 9.96. The van der Waals surface area contributed by atoms with Gasteiger partial charge in [0.25, 0.3) is 0 Å². The van der Waals surface area contributed by atoms with Crippen LogP contribution in [0.25, 0.3) is 0 Å². The van der Waals surface area contributed by atoms with Crippen LogP contribution in [0.15, 0.2) is 36.4 Å². The average Bonchev–Trinajstić information content (AvgIpc) is 3.19. The normalized spacial score (nSPS) is 26.5. The van der Waals surface area contributed by atoms with Gasteiger partial charge in [-0.1, -0.05) is 25.1 Å². The van der Waals surface area contributed by atoms with E-state index in [1.807, 2.05) is 30.3 Å². The minimum atomic E-state index is -0.0774. The van der Waals surface area contributed by atoms with Crippen molar-refractivity contribution in [3.05, 3.63) is 47.5 Å². The van der Waals surface area contributed by atoms with Gasteiger partial charge in [0.05, 0.1) is 13.2 Å². The fourth-order valence-corrected chi connectivity index (χ4v) is 4.66. The Balaban J connectivity index is 1.64. The Morgan fingerprint density at radius 2 is 1.75 bits per heavy atom. The monoisotopic (exact) mass is 383 g/mol. The minimum absolute atomic E-state index is 0.0114. The summed E-state index contributed by atoms with van der Waals surface area (Å²) in [7, 11) is 0. The molecule has 3 aliphatic heterocycles. The molecule has 28 heavy (non-hydrogen) atoms. The predicted octanol–water partition coefficient (Wildman–Crippen LogP) is 3.33. The third-order valence-electron chi connectivity index (χ3n) is 6.03. The Bertz CT molecular complexity index is 864. The standard InChI is InChI=1S/C22H25NO5/c1-2-14-21(15-5-3-4-6-17(15)24)16-11-19-20(27-13-26-19)12-18(16)28-22(14)23-7-9-25-10-8-23/h3-6,11-12,14,21-22,24H,2,7-10,13H2,1H3/t14-,21+,22-/m1/s1. The zero-order valence-electron chi connectivity index (χ0n) is 16.0. The van der Waals surface area contributed by atoms with Crippen LogP contribution in [0.3, 0.4) is 0 Å². The molecule has 2 aromatic carbocycles. The van der Waals surface area contributed by atoms with Gasteiger partial charge < -0.3 is 24.1 Å². The van der Waals surface area contributed by atoms with Gasteiger partial charge in [-0.15, -0.1) is 0 Å². The largest absolute Gasteiger partial charge is 0.508 e. The van der Waals surface area contributed by atoms with Crippen LogP contribution in [0.2, 0.25) is 0 Å². The molecule has 1 fully saturated rings. The molecule has 0 spiro atoms. The van der Waals surface area contributed by atoms with Gasteiger partial charge in [-0.2, -0.15) is 0 Å². The van der Waals surface area contributed by atoms with Crippen molar-refractivity contribution in [2.75, 3.05) is 33.1 Å². The summed E-state index contributed by atoms with van der Waals surface area (Å²) in [6.45, 7) is 5.52. The van der Waals surface area contributed by atoms with Crippen LogP contribution in [0, 0.1) is 5.92 Å². The smallest absolute Gasteiger partial charge is 0.231 e. The Morgan fingerprint density at radius 1 is 1.00 bits per heavy atom. The van der Waals surface area contributed by atoms with E-state index in [0.717, 1.165) is 42.1 Å². The molecule has 0 bridgehead atoms. The van der Waals surface area contributed by atoms with Gasteiger partial charge in [0.1, 0.15) is 11.5 Å². The number of benzene rings is 2. The number of para-hydroxylation sites is 1. The van der Waals surface area contributed by atoms with Crippen molar-refractivity contribution in [2.24, 2.45) is 5.92 Å². The van der Waals surface area contributed by atoms with Gasteiger partial charge in [-0.25, -0.2) is 0 Å². The molecular weight excluding hydrogens is 358 g/mol. The highest BCUT2D eigenvalue weighted by Crippen LogP contribution is 2.51. The summed E-state index contributed by atoms with van der Waals surface area (Å²) < 4.78 is 23.3. The lowest BCUT2D eigenvalue weighted by Crippen LogP contribution is -2.52. The maximum Gasteiger partial charge on any atom is 0.231 e. The quantitative estimate of drug-likeness (QED) is 0.877. The molecule has 1 N–H and O–H groups in total. The summed E-state index contributed by atoms with van der Waals surface area (Å²) in [5.41, 5.74) is 1.97. The van der Waals surface area contributed by atoms with E-state index < -0.39 is 0 Å². The second-order valence-corrected chi connectivity index (χ2v) is 7.51. The van der Waals surface area contributed by atoms with Crippen molar-refractivity contribution in [3.8, 4) is 23.0 Å². The fourth-order valence-electron chi connectivity index (χ4n) is 4.66. The van der Waals surface area contributed by atoms with Crippen LogP contribution in [-0.2, 0) is 4.74 Å². The van der Waals surface area contributed by atoms with Crippen molar-refractivity contribution in [2.45, 2.75) is 25.5 Å². The highest BCUT2D eigenvalue weighted by atomic mass is 16.7. The molecule has 5 rings (SSSR count). The van der Waals surface area contributed by atoms with E-state index in [9.17, 15) is 5.11 Å². The van der Waals surface area contributed by atoms with E-state index in [-0.39, 0.29) is 24.9 Å². The van der Waals surface area contributed by atoms with Gasteiger partial charge >= 0.3 is 0 Å². The first-order chi connectivity index (χ1) is 13.8. The second-order valence-electron chi connectivity index (χ2n) is 7.51. The number of phenolic OH excluding ortho intramolecular Hbond substituents is 1. The maximum atomic E-state index is 10.7. The molecule has 0 amide bonds. The Labute approximate surface area is 164 Å². The molecular formula is C22H25NO5. The summed E-state index contributed by atoms with van der Waals surface area (Å²) in [6.07, 6.45) is 0.848. The number of rotatable bonds is 3. The fraction of sp³-hybridized carbons (Fsp3) is 0.455.